The minimum Gasteiger partial charge on any atom is -0.337 e. The van der Waals surface area contributed by atoms with E-state index >= 15 is 0 Å². The first-order chi connectivity index (χ1) is 17.0. The molecule has 5 rings (SSSR count). The van der Waals surface area contributed by atoms with Crippen LogP contribution in [0, 0.1) is 6.92 Å². The van der Waals surface area contributed by atoms with E-state index in [1.807, 2.05) is 48.4 Å². The molecular weight excluding hydrogens is 438 g/mol. The number of piperidine rings is 1. The van der Waals surface area contributed by atoms with Crippen LogP contribution < -0.4 is 5.32 Å². The summed E-state index contributed by atoms with van der Waals surface area (Å²) < 4.78 is 2.17. The second-order valence-corrected chi connectivity index (χ2v) is 9.91. The van der Waals surface area contributed by atoms with Gasteiger partial charge in [0.25, 0.3) is 5.91 Å². The van der Waals surface area contributed by atoms with E-state index in [4.69, 9.17) is 4.98 Å². The van der Waals surface area contributed by atoms with Gasteiger partial charge in [-0.2, -0.15) is 0 Å². The molecule has 1 amide bonds. The maximum absolute atomic E-state index is 13.1. The summed E-state index contributed by atoms with van der Waals surface area (Å²) >= 11 is 0. The lowest BCUT2D eigenvalue weighted by molar-refractivity contribution is 0.0771. The molecule has 2 saturated heterocycles. The summed E-state index contributed by atoms with van der Waals surface area (Å²) in [6, 6.07) is 10.3. The van der Waals surface area contributed by atoms with Crippen molar-refractivity contribution in [2.75, 3.05) is 31.5 Å². The van der Waals surface area contributed by atoms with Crippen molar-refractivity contribution in [2.45, 2.75) is 58.5 Å². The van der Waals surface area contributed by atoms with Gasteiger partial charge in [0.15, 0.2) is 0 Å². The van der Waals surface area contributed by atoms with Gasteiger partial charge in [-0.25, -0.2) is 15.0 Å². The van der Waals surface area contributed by atoms with Gasteiger partial charge in [-0.3, -0.25) is 9.69 Å². The number of aromatic nitrogens is 4. The number of hydrogen-bond donors (Lipinski definition) is 1. The number of carbonyl (C=O) groups excluding carboxylic acids is 1. The maximum atomic E-state index is 13.1. The number of likely N-dealkylation sites (tertiary alicyclic amines) is 2. The fraction of sp³-hybridized carbons (Fsp3) is 0.481. The Labute approximate surface area is 207 Å². The molecule has 0 bridgehead atoms. The summed E-state index contributed by atoms with van der Waals surface area (Å²) in [4.78, 5) is 31.2. The molecule has 2 aliphatic heterocycles. The van der Waals surface area contributed by atoms with E-state index in [1.165, 1.54) is 32.4 Å². The van der Waals surface area contributed by atoms with Crippen molar-refractivity contribution >= 4 is 17.5 Å². The average molecular weight is 474 g/mol. The topological polar surface area (TPSA) is 79.2 Å². The molecule has 35 heavy (non-hydrogen) atoms. The third-order valence-corrected chi connectivity index (χ3v) is 7.16. The summed E-state index contributed by atoms with van der Waals surface area (Å²) in [6.07, 6.45) is 8.59. The standard InChI is InChI=1S/C27H35N7O/c1-19(2)34-20(3)29-17-25(34)24-11-13-28-27(31-24)30-22-9-7-21(8-10-22)26(35)33-16-12-23(18-33)32-14-5-4-6-15-32/h7-11,13,17,19,23H,4-6,12,14-16,18H2,1-3H3,(H,28,30,31)/t23-/m0/s1. The second kappa shape index (κ2) is 10.2. The molecule has 3 aromatic rings. The zero-order valence-corrected chi connectivity index (χ0v) is 20.9. The molecule has 2 fully saturated rings. The molecule has 2 aromatic heterocycles. The van der Waals surface area contributed by atoms with E-state index in [2.05, 4.69) is 38.6 Å². The van der Waals surface area contributed by atoms with Crippen LogP contribution in [0.1, 0.15) is 61.8 Å². The number of benzene rings is 1. The molecule has 184 valence electrons. The zero-order chi connectivity index (χ0) is 24.4. The Morgan fingerprint density at radius 2 is 1.80 bits per heavy atom. The van der Waals surface area contributed by atoms with Crippen molar-refractivity contribution in [1.29, 1.82) is 0 Å². The lowest BCUT2D eigenvalue weighted by atomic mass is 10.1. The number of rotatable bonds is 6. The predicted molar refractivity (Wildman–Crippen MR) is 138 cm³/mol. The van der Waals surface area contributed by atoms with Gasteiger partial charge in [-0.15, -0.1) is 0 Å². The van der Waals surface area contributed by atoms with E-state index < -0.39 is 0 Å². The Morgan fingerprint density at radius 1 is 1.03 bits per heavy atom. The van der Waals surface area contributed by atoms with Crippen LogP contribution in [0.25, 0.3) is 11.4 Å². The van der Waals surface area contributed by atoms with Crippen LogP contribution >= 0.6 is 0 Å². The molecule has 1 N–H and O–H groups in total. The number of amides is 1. The van der Waals surface area contributed by atoms with E-state index in [1.54, 1.807) is 6.20 Å². The summed E-state index contributed by atoms with van der Waals surface area (Å²) in [5.74, 6) is 1.59. The molecule has 8 nitrogen and oxygen atoms in total. The predicted octanol–water partition coefficient (Wildman–Crippen LogP) is 4.67. The summed E-state index contributed by atoms with van der Waals surface area (Å²) in [5, 5.41) is 3.27. The Bertz CT molecular complexity index is 1160. The molecular formula is C27H35N7O. The highest BCUT2D eigenvalue weighted by atomic mass is 16.2. The number of nitrogens with one attached hydrogen (secondary N) is 1. The highest BCUT2D eigenvalue weighted by Gasteiger charge is 2.31. The van der Waals surface area contributed by atoms with E-state index in [9.17, 15) is 4.79 Å². The summed E-state index contributed by atoms with van der Waals surface area (Å²) in [7, 11) is 0. The summed E-state index contributed by atoms with van der Waals surface area (Å²) in [5.41, 5.74) is 3.36. The van der Waals surface area contributed by atoms with Gasteiger partial charge in [0.05, 0.1) is 17.6 Å². The minimum absolute atomic E-state index is 0.117. The first-order valence-corrected chi connectivity index (χ1v) is 12.8. The van der Waals surface area contributed by atoms with Gasteiger partial charge in [-0.1, -0.05) is 6.42 Å². The van der Waals surface area contributed by atoms with Crippen LogP contribution in [0.15, 0.2) is 42.7 Å². The third-order valence-electron chi connectivity index (χ3n) is 7.16. The number of imidazole rings is 1. The molecule has 0 radical (unpaired) electrons. The smallest absolute Gasteiger partial charge is 0.253 e. The molecule has 8 heteroatoms. The number of nitrogens with zero attached hydrogens (tertiary/aromatic N) is 6. The van der Waals surface area contributed by atoms with Gasteiger partial charge >= 0.3 is 0 Å². The van der Waals surface area contributed by atoms with Crippen LogP contribution in [0.4, 0.5) is 11.6 Å². The van der Waals surface area contributed by atoms with E-state index in [-0.39, 0.29) is 11.9 Å². The van der Waals surface area contributed by atoms with Crippen molar-refractivity contribution in [3.63, 3.8) is 0 Å². The molecule has 0 saturated carbocycles. The van der Waals surface area contributed by atoms with Gasteiger partial charge in [0, 0.05) is 42.6 Å². The molecule has 0 spiro atoms. The normalized spacial score (nSPS) is 18.9. The van der Waals surface area contributed by atoms with Crippen molar-refractivity contribution in [3.8, 4) is 11.4 Å². The fourth-order valence-corrected chi connectivity index (χ4v) is 5.37. The Hall–Kier alpha value is -3.26. The zero-order valence-electron chi connectivity index (χ0n) is 20.9. The van der Waals surface area contributed by atoms with Crippen LogP contribution in [-0.2, 0) is 0 Å². The SMILES string of the molecule is Cc1ncc(-c2ccnc(Nc3ccc(C(=O)N4CC[C@H](N5CCCCC5)C4)cc3)n2)n1C(C)C. The third kappa shape index (κ3) is 5.07. The number of hydrogen-bond acceptors (Lipinski definition) is 6. The van der Waals surface area contributed by atoms with Gasteiger partial charge in [-0.05, 0) is 83.5 Å². The average Bonchev–Trinajstić information content (AvgIpc) is 3.52. The van der Waals surface area contributed by atoms with Gasteiger partial charge in [0.2, 0.25) is 5.95 Å². The Kier molecular flexibility index (Phi) is 6.81. The fourth-order valence-electron chi connectivity index (χ4n) is 5.37. The molecule has 1 atom stereocenters. The van der Waals surface area contributed by atoms with Crippen molar-refractivity contribution < 1.29 is 4.79 Å². The van der Waals surface area contributed by atoms with Crippen LogP contribution in [0.2, 0.25) is 0 Å². The number of carbonyl (C=O) groups is 1. The second-order valence-electron chi connectivity index (χ2n) is 9.91. The lowest BCUT2D eigenvalue weighted by Crippen LogP contribution is -2.41. The molecule has 0 unspecified atom stereocenters. The first kappa shape index (κ1) is 23.5. The Balaban J connectivity index is 1.24. The van der Waals surface area contributed by atoms with E-state index in [0.29, 0.717) is 12.0 Å². The van der Waals surface area contributed by atoms with Crippen molar-refractivity contribution in [2.24, 2.45) is 0 Å². The molecule has 4 heterocycles. The lowest BCUT2D eigenvalue weighted by Gasteiger charge is -2.32. The maximum Gasteiger partial charge on any atom is 0.253 e. The van der Waals surface area contributed by atoms with E-state index in [0.717, 1.165) is 48.0 Å². The highest BCUT2D eigenvalue weighted by molar-refractivity contribution is 5.94. The Morgan fingerprint density at radius 3 is 2.54 bits per heavy atom. The highest BCUT2D eigenvalue weighted by Crippen LogP contribution is 2.25. The first-order valence-electron chi connectivity index (χ1n) is 12.8. The minimum atomic E-state index is 0.117. The quantitative estimate of drug-likeness (QED) is 0.560. The van der Waals surface area contributed by atoms with Crippen molar-refractivity contribution in [1.82, 2.24) is 29.3 Å². The molecule has 1 aromatic carbocycles. The van der Waals surface area contributed by atoms with Gasteiger partial charge in [0.1, 0.15) is 5.82 Å². The monoisotopic (exact) mass is 473 g/mol. The molecule has 2 aliphatic rings. The number of aryl methyl sites for hydroxylation is 1. The largest absolute Gasteiger partial charge is 0.337 e. The summed E-state index contributed by atoms with van der Waals surface area (Å²) in [6.45, 7) is 10.3. The number of anilines is 2. The van der Waals surface area contributed by atoms with Crippen LogP contribution in [0.5, 0.6) is 0 Å². The van der Waals surface area contributed by atoms with Gasteiger partial charge < -0.3 is 14.8 Å². The van der Waals surface area contributed by atoms with Crippen molar-refractivity contribution in [3.05, 3.63) is 54.1 Å². The molecule has 0 aliphatic carbocycles. The van der Waals surface area contributed by atoms with Crippen LogP contribution in [0.3, 0.4) is 0 Å². The van der Waals surface area contributed by atoms with Crippen LogP contribution in [-0.4, -0.2) is 67.4 Å².